The lowest BCUT2D eigenvalue weighted by atomic mass is 9.97. The van der Waals surface area contributed by atoms with Crippen LogP contribution in [0.4, 0.5) is 5.69 Å². The molecule has 6 nitrogen and oxygen atoms in total. The number of benzene rings is 3. The van der Waals surface area contributed by atoms with E-state index in [0.29, 0.717) is 41.9 Å². The van der Waals surface area contributed by atoms with E-state index < -0.39 is 0 Å². The van der Waals surface area contributed by atoms with Gasteiger partial charge in [0.2, 0.25) is 0 Å². The SMILES string of the molecule is CCOc1cc2[nH]c(O)c(C(=Nc3ccc(C(N)C(C)C)cc3)c3ccccc3)c2cc1OCC. The van der Waals surface area contributed by atoms with E-state index >= 15 is 0 Å². The maximum absolute atomic E-state index is 11.0. The number of aromatic amines is 1. The Kier molecular flexibility index (Phi) is 7.42. The fraction of sp³-hybridized carbons (Fsp3) is 0.276. The van der Waals surface area contributed by atoms with E-state index in [9.17, 15) is 5.11 Å². The molecule has 1 unspecified atom stereocenters. The van der Waals surface area contributed by atoms with Crippen molar-refractivity contribution in [1.29, 1.82) is 0 Å². The third kappa shape index (κ3) is 5.17. The molecular formula is C29H33N3O3. The van der Waals surface area contributed by atoms with E-state index in [1.54, 1.807) is 0 Å². The van der Waals surface area contributed by atoms with Gasteiger partial charge in [-0.1, -0.05) is 56.3 Å². The molecule has 182 valence electrons. The number of hydrogen-bond donors (Lipinski definition) is 3. The van der Waals surface area contributed by atoms with E-state index in [1.165, 1.54) is 0 Å². The first-order chi connectivity index (χ1) is 16.9. The number of nitrogens with one attached hydrogen (secondary N) is 1. The minimum Gasteiger partial charge on any atom is -0.494 e. The molecule has 0 saturated carbocycles. The van der Waals surface area contributed by atoms with Gasteiger partial charge in [0.05, 0.1) is 35.7 Å². The van der Waals surface area contributed by atoms with Crippen LogP contribution in [-0.2, 0) is 0 Å². The minimum absolute atomic E-state index is 0.0317. The second-order valence-corrected chi connectivity index (χ2v) is 8.75. The van der Waals surface area contributed by atoms with Gasteiger partial charge in [0, 0.05) is 23.1 Å². The van der Waals surface area contributed by atoms with Crippen molar-refractivity contribution in [2.75, 3.05) is 13.2 Å². The van der Waals surface area contributed by atoms with Gasteiger partial charge in [-0.05, 0) is 43.5 Å². The van der Waals surface area contributed by atoms with Crippen molar-refractivity contribution in [3.05, 3.63) is 83.4 Å². The maximum atomic E-state index is 11.0. The lowest BCUT2D eigenvalue weighted by Gasteiger charge is -2.16. The standard InChI is InChI=1S/C29H33N3O3/c1-5-34-24-16-22-23(17-25(24)35-6-2)32-29(33)26(22)28(20-10-8-7-9-11-20)31-21-14-12-19(13-15-21)27(30)18(3)4/h7-18,27,32-33H,5-6,30H2,1-4H3. The number of nitrogens with zero attached hydrogens (tertiary/aromatic N) is 1. The van der Waals surface area contributed by atoms with Gasteiger partial charge in [-0.2, -0.15) is 0 Å². The van der Waals surface area contributed by atoms with Crippen LogP contribution in [0.1, 0.15) is 50.4 Å². The van der Waals surface area contributed by atoms with Crippen LogP contribution in [0.3, 0.4) is 0 Å². The monoisotopic (exact) mass is 471 g/mol. The predicted molar refractivity (Wildman–Crippen MR) is 142 cm³/mol. The first-order valence-electron chi connectivity index (χ1n) is 12.1. The van der Waals surface area contributed by atoms with Crippen LogP contribution in [0, 0.1) is 5.92 Å². The highest BCUT2D eigenvalue weighted by Gasteiger charge is 2.21. The van der Waals surface area contributed by atoms with Crippen molar-refractivity contribution in [2.45, 2.75) is 33.7 Å². The van der Waals surface area contributed by atoms with Gasteiger partial charge < -0.3 is 25.3 Å². The van der Waals surface area contributed by atoms with Crippen LogP contribution >= 0.6 is 0 Å². The molecule has 1 aromatic heterocycles. The van der Waals surface area contributed by atoms with Crippen LogP contribution < -0.4 is 15.2 Å². The third-order valence-corrected chi connectivity index (χ3v) is 5.96. The van der Waals surface area contributed by atoms with Gasteiger partial charge in [-0.15, -0.1) is 0 Å². The van der Waals surface area contributed by atoms with Crippen LogP contribution in [0.5, 0.6) is 17.4 Å². The summed E-state index contributed by atoms with van der Waals surface area (Å²) in [6, 6.07) is 21.5. The van der Waals surface area contributed by atoms with E-state index in [0.717, 1.165) is 27.7 Å². The first-order valence-corrected chi connectivity index (χ1v) is 12.1. The first kappa shape index (κ1) is 24.4. The Balaban J connectivity index is 1.88. The summed E-state index contributed by atoms with van der Waals surface area (Å²) < 4.78 is 11.6. The normalized spacial score (nSPS) is 12.8. The van der Waals surface area contributed by atoms with Crippen molar-refractivity contribution in [3.63, 3.8) is 0 Å². The van der Waals surface area contributed by atoms with Crippen molar-refractivity contribution in [1.82, 2.24) is 4.98 Å². The number of fused-ring (bicyclic) bond motifs is 1. The van der Waals surface area contributed by atoms with E-state index in [-0.39, 0.29) is 11.9 Å². The molecule has 0 bridgehead atoms. The van der Waals surface area contributed by atoms with E-state index in [4.69, 9.17) is 20.2 Å². The largest absolute Gasteiger partial charge is 0.494 e. The molecule has 0 saturated heterocycles. The van der Waals surface area contributed by atoms with Gasteiger partial charge in [0.1, 0.15) is 0 Å². The van der Waals surface area contributed by atoms with Gasteiger partial charge in [0.15, 0.2) is 17.4 Å². The van der Waals surface area contributed by atoms with Crippen molar-refractivity contribution < 1.29 is 14.6 Å². The molecule has 0 radical (unpaired) electrons. The zero-order valence-corrected chi connectivity index (χ0v) is 20.7. The second-order valence-electron chi connectivity index (χ2n) is 8.75. The lowest BCUT2D eigenvalue weighted by Crippen LogP contribution is -2.16. The van der Waals surface area contributed by atoms with E-state index in [2.05, 4.69) is 18.8 Å². The Labute approximate surface area is 206 Å². The molecule has 4 N–H and O–H groups in total. The number of nitrogens with two attached hydrogens (primary N) is 1. The molecule has 3 aromatic carbocycles. The lowest BCUT2D eigenvalue weighted by molar-refractivity contribution is 0.288. The van der Waals surface area contributed by atoms with Crippen molar-refractivity contribution in [2.24, 2.45) is 16.6 Å². The maximum Gasteiger partial charge on any atom is 0.199 e. The molecule has 0 spiro atoms. The summed E-state index contributed by atoms with van der Waals surface area (Å²) >= 11 is 0. The van der Waals surface area contributed by atoms with Crippen molar-refractivity contribution in [3.8, 4) is 17.4 Å². The fourth-order valence-corrected chi connectivity index (χ4v) is 4.11. The summed E-state index contributed by atoms with van der Waals surface area (Å²) in [6.07, 6.45) is 0. The average molecular weight is 472 g/mol. The zero-order valence-electron chi connectivity index (χ0n) is 20.7. The van der Waals surface area contributed by atoms with Gasteiger partial charge in [0.25, 0.3) is 0 Å². The number of ether oxygens (including phenoxy) is 2. The molecule has 35 heavy (non-hydrogen) atoms. The molecule has 4 aromatic rings. The Morgan fingerprint density at radius 3 is 2.17 bits per heavy atom. The summed E-state index contributed by atoms with van der Waals surface area (Å²) in [5.41, 5.74) is 11.1. The summed E-state index contributed by atoms with van der Waals surface area (Å²) in [4.78, 5) is 8.08. The number of H-pyrrole nitrogens is 1. The third-order valence-electron chi connectivity index (χ3n) is 5.96. The second kappa shape index (κ2) is 10.7. The molecule has 0 aliphatic rings. The molecule has 0 amide bonds. The molecule has 0 aliphatic carbocycles. The Morgan fingerprint density at radius 2 is 1.57 bits per heavy atom. The predicted octanol–water partition coefficient (Wildman–Crippen LogP) is 6.50. The fourth-order valence-electron chi connectivity index (χ4n) is 4.11. The van der Waals surface area contributed by atoms with Gasteiger partial charge in [-0.3, -0.25) is 0 Å². The molecule has 4 rings (SSSR count). The van der Waals surface area contributed by atoms with Crippen LogP contribution in [0.2, 0.25) is 0 Å². The van der Waals surface area contributed by atoms with Gasteiger partial charge >= 0.3 is 0 Å². The zero-order chi connectivity index (χ0) is 24.9. The smallest absolute Gasteiger partial charge is 0.199 e. The molecule has 1 heterocycles. The Hall–Kier alpha value is -3.77. The molecule has 0 aliphatic heterocycles. The Bertz CT molecular complexity index is 1310. The molecule has 6 heteroatoms. The average Bonchev–Trinajstić information content (AvgIpc) is 3.17. The van der Waals surface area contributed by atoms with Crippen LogP contribution in [-0.4, -0.2) is 29.0 Å². The minimum atomic E-state index is -0.0317. The Morgan fingerprint density at radius 1 is 0.943 bits per heavy atom. The number of hydrogen-bond acceptors (Lipinski definition) is 5. The van der Waals surface area contributed by atoms with Crippen LogP contribution in [0.25, 0.3) is 10.9 Å². The summed E-state index contributed by atoms with van der Waals surface area (Å²) in [5, 5.41) is 11.8. The summed E-state index contributed by atoms with van der Waals surface area (Å²) in [5.74, 6) is 1.64. The molecule has 1 atom stereocenters. The highest BCUT2D eigenvalue weighted by Crippen LogP contribution is 2.38. The topological polar surface area (TPSA) is 92.9 Å². The van der Waals surface area contributed by atoms with Crippen molar-refractivity contribution >= 4 is 22.3 Å². The number of rotatable bonds is 9. The van der Waals surface area contributed by atoms with E-state index in [1.807, 2.05) is 80.6 Å². The number of aromatic hydroxyl groups is 1. The number of aliphatic imine (C=N–C) groups is 1. The quantitative estimate of drug-likeness (QED) is 0.243. The summed E-state index contributed by atoms with van der Waals surface area (Å²) in [6.45, 7) is 9.09. The highest BCUT2D eigenvalue weighted by molar-refractivity contribution is 6.22. The summed E-state index contributed by atoms with van der Waals surface area (Å²) in [7, 11) is 0. The highest BCUT2D eigenvalue weighted by atomic mass is 16.5. The van der Waals surface area contributed by atoms with Crippen LogP contribution in [0.15, 0.2) is 71.7 Å². The van der Waals surface area contributed by atoms with Gasteiger partial charge in [-0.25, -0.2) is 4.99 Å². The molecule has 0 fully saturated rings. The number of aromatic nitrogens is 1. The molecular weight excluding hydrogens is 438 g/mol.